The molecular weight excluding hydrogens is 282 g/mol. The van der Waals surface area contributed by atoms with Crippen LogP contribution in [-0.4, -0.2) is 13.0 Å². The standard InChI is InChI=1S/C14H12F2N2OS/c15-14(16)8-19-13-4-2-1-3-12(13)18-7-11-5-10(6-17)9-20-11/h1-5,9,14,18H,7-8H2. The molecule has 0 unspecified atom stereocenters. The highest BCUT2D eigenvalue weighted by molar-refractivity contribution is 7.10. The third kappa shape index (κ3) is 3.93. The van der Waals surface area contributed by atoms with Crippen molar-refractivity contribution in [3.8, 4) is 11.8 Å². The molecule has 1 aromatic heterocycles. The van der Waals surface area contributed by atoms with E-state index in [-0.39, 0.29) is 0 Å². The Balaban J connectivity index is 2.00. The largest absolute Gasteiger partial charge is 0.485 e. The molecule has 3 nitrogen and oxygen atoms in total. The molecule has 104 valence electrons. The SMILES string of the molecule is N#Cc1csc(CNc2ccccc2OCC(F)F)c1. The van der Waals surface area contributed by atoms with Gasteiger partial charge >= 0.3 is 0 Å². The lowest BCUT2D eigenvalue weighted by molar-refractivity contribution is 0.0822. The smallest absolute Gasteiger partial charge is 0.272 e. The number of halogens is 2. The monoisotopic (exact) mass is 294 g/mol. The molecule has 0 bridgehead atoms. The van der Waals surface area contributed by atoms with Crippen molar-refractivity contribution in [2.24, 2.45) is 0 Å². The first-order valence-corrected chi connectivity index (χ1v) is 6.78. The predicted molar refractivity (Wildman–Crippen MR) is 74.3 cm³/mol. The number of alkyl halides is 2. The number of rotatable bonds is 6. The van der Waals surface area contributed by atoms with E-state index < -0.39 is 13.0 Å². The third-order valence-electron chi connectivity index (χ3n) is 2.49. The molecule has 6 heteroatoms. The fraction of sp³-hybridized carbons (Fsp3) is 0.214. The summed E-state index contributed by atoms with van der Waals surface area (Å²) in [4.78, 5) is 0.991. The Labute approximate surface area is 119 Å². The number of nitrogens with one attached hydrogen (secondary N) is 1. The van der Waals surface area contributed by atoms with E-state index in [2.05, 4.69) is 11.4 Å². The highest BCUT2D eigenvalue weighted by atomic mass is 32.1. The van der Waals surface area contributed by atoms with Crippen LogP contribution in [0.1, 0.15) is 10.4 Å². The molecule has 0 spiro atoms. The zero-order chi connectivity index (χ0) is 14.4. The fourth-order valence-electron chi connectivity index (χ4n) is 1.61. The van der Waals surface area contributed by atoms with Crippen molar-refractivity contribution in [1.82, 2.24) is 0 Å². The summed E-state index contributed by atoms with van der Waals surface area (Å²) in [6.07, 6.45) is -2.50. The van der Waals surface area contributed by atoms with E-state index in [1.165, 1.54) is 11.3 Å². The second kappa shape index (κ2) is 6.87. The van der Waals surface area contributed by atoms with E-state index in [9.17, 15) is 8.78 Å². The number of anilines is 1. The second-order valence-electron chi connectivity index (χ2n) is 3.97. The van der Waals surface area contributed by atoms with Crippen LogP contribution in [0.5, 0.6) is 5.75 Å². The number of nitrogens with zero attached hydrogens (tertiary/aromatic N) is 1. The Bertz CT molecular complexity index is 607. The lowest BCUT2D eigenvalue weighted by Gasteiger charge is -2.12. The summed E-state index contributed by atoms with van der Waals surface area (Å²) >= 11 is 1.47. The van der Waals surface area contributed by atoms with Crippen LogP contribution in [-0.2, 0) is 6.54 Å². The maximum Gasteiger partial charge on any atom is 0.272 e. The van der Waals surface area contributed by atoms with Gasteiger partial charge in [0.2, 0.25) is 0 Å². The average molecular weight is 294 g/mol. The van der Waals surface area contributed by atoms with Gasteiger partial charge in [0.1, 0.15) is 18.4 Å². The zero-order valence-corrected chi connectivity index (χ0v) is 11.3. The maximum atomic E-state index is 12.2. The minimum Gasteiger partial charge on any atom is -0.485 e. The van der Waals surface area contributed by atoms with Gasteiger partial charge in [-0.2, -0.15) is 5.26 Å². The van der Waals surface area contributed by atoms with E-state index in [4.69, 9.17) is 10.00 Å². The van der Waals surface area contributed by atoms with Crippen LogP contribution in [0.25, 0.3) is 0 Å². The third-order valence-corrected chi connectivity index (χ3v) is 3.42. The molecule has 20 heavy (non-hydrogen) atoms. The van der Waals surface area contributed by atoms with E-state index in [0.29, 0.717) is 23.5 Å². The molecular formula is C14H12F2N2OS. The molecule has 0 aliphatic carbocycles. The van der Waals surface area contributed by atoms with Gasteiger partial charge in [0.05, 0.1) is 11.3 Å². The van der Waals surface area contributed by atoms with Gasteiger partial charge in [0.15, 0.2) is 0 Å². The summed E-state index contributed by atoms with van der Waals surface area (Å²) in [6, 6.07) is 10.8. The van der Waals surface area contributed by atoms with E-state index in [1.807, 2.05) is 0 Å². The average Bonchev–Trinajstić information content (AvgIpc) is 2.91. The summed E-state index contributed by atoms with van der Waals surface area (Å²) in [5.41, 5.74) is 1.27. The summed E-state index contributed by atoms with van der Waals surface area (Å²) in [5, 5.41) is 13.6. The quantitative estimate of drug-likeness (QED) is 0.879. The summed E-state index contributed by atoms with van der Waals surface area (Å²) in [5.74, 6) is 0.393. The summed E-state index contributed by atoms with van der Waals surface area (Å²) in [7, 11) is 0. The topological polar surface area (TPSA) is 45.0 Å². The highest BCUT2D eigenvalue weighted by Gasteiger charge is 2.07. The van der Waals surface area contributed by atoms with Gasteiger partial charge in [0.25, 0.3) is 6.43 Å². The first-order chi connectivity index (χ1) is 9.69. The number of nitriles is 1. The van der Waals surface area contributed by atoms with Crippen LogP contribution in [0.4, 0.5) is 14.5 Å². The van der Waals surface area contributed by atoms with E-state index in [1.54, 1.807) is 35.7 Å². The van der Waals surface area contributed by atoms with Gasteiger partial charge in [-0.1, -0.05) is 12.1 Å². The van der Waals surface area contributed by atoms with Crippen LogP contribution >= 0.6 is 11.3 Å². The first kappa shape index (κ1) is 14.3. The van der Waals surface area contributed by atoms with Crippen molar-refractivity contribution in [3.05, 3.63) is 46.2 Å². The molecule has 0 fully saturated rings. The summed E-state index contributed by atoms with van der Waals surface area (Å²) < 4.78 is 29.4. The number of hydrogen-bond donors (Lipinski definition) is 1. The van der Waals surface area contributed by atoms with Crippen LogP contribution in [0.15, 0.2) is 35.7 Å². The number of ether oxygens (including phenoxy) is 1. The fourth-order valence-corrected chi connectivity index (χ4v) is 2.36. The van der Waals surface area contributed by atoms with Crippen molar-refractivity contribution in [2.45, 2.75) is 13.0 Å². The Morgan fingerprint density at radius 3 is 2.85 bits per heavy atom. The molecule has 0 aliphatic rings. The molecule has 1 N–H and O–H groups in total. The highest BCUT2D eigenvalue weighted by Crippen LogP contribution is 2.25. The lowest BCUT2D eigenvalue weighted by Crippen LogP contribution is -2.09. The second-order valence-corrected chi connectivity index (χ2v) is 4.96. The van der Waals surface area contributed by atoms with Gasteiger partial charge in [-0.05, 0) is 18.2 Å². The minimum absolute atomic E-state index is 0.393. The Morgan fingerprint density at radius 2 is 2.15 bits per heavy atom. The number of hydrogen-bond acceptors (Lipinski definition) is 4. The van der Waals surface area contributed by atoms with Crippen LogP contribution in [0, 0.1) is 11.3 Å². The van der Waals surface area contributed by atoms with E-state index in [0.717, 1.165) is 4.88 Å². The van der Waals surface area contributed by atoms with Crippen LogP contribution in [0.3, 0.4) is 0 Å². The first-order valence-electron chi connectivity index (χ1n) is 5.90. The van der Waals surface area contributed by atoms with Gasteiger partial charge in [-0.15, -0.1) is 11.3 Å². The Hall–Kier alpha value is -2.13. The minimum atomic E-state index is -2.50. The van der Waals surface area contributed by atoms with Crippen molar-refractivity contribution >= 4 is 17.0 Å². The van der Waals surface area contributed by atoms with Crippen molar-refractivity contribution in [1.29, 1.82) is 5.26 Å². The molecule has 1 heterocycles. The van der Waals surface area contributed by atoms with Crippen molar-refractivity contribution in [2.75, 3.05) is 11.9 Å². The normalized spacial score (nSPS) is 10.3. The van der Waals surface area contributed by atoms with Crippen molar-refractivity contribution in [3.63, 3.8) is 0 Å². The molecule has 0 atom stereocenters. The lowest BCUT2D eigenvalue weighted by atomic mass is 10.3. The number of benzene rings is 1. The molecule has 2 rings (SSSR count). The molecule has 1 aromatic carbocycles. The Morgan fingerprint density at radius 1 is 1.35 bits per heavy atom. The molecule has 0 aliphatic heterocycles. The van der Waals surface area contributed by atoms with Crippen LogP contribution < -0.4 is 10.1 Å². The molecule has 0 radical (unpaired) electrons. The predicted octanol–water partition coefficient (Wildman–Crippen LogP) is 3.88. The molecule has 0 saturated heterocycles. The number of thiophene rings is 1. The van der Waals surface area contributed by atoms with Crippen molar-refractivity contribution < 1.29 is 13.5 Å². The van der Waals surface area contributed by atoms with Crippen LogP contribution in [0.2, 0.25) is 0 Å². The Kier molecular flexibility index (Phi) is 4.91. The molecule has 0 saturated carbocycles. The van der Waals surface area contributed by atoms with E-state index >= 15 is 0 Å². The zero-order valence-electron chi connectivity index (χ0n) is 10.5. The molecule has 2 aromatic rings. The van der Waals surface area contributed by atoms with Gasteiger partial charge in [-0.3, -0.25) is 0 Å². The van der Waals surface area contributed by atoms with Gasteiger partial charge in [-0.25, -0.2) is 8.78 Å². The maximum absolute atomic E-state index is 12.2. The van der Waals surface area contributed by atoms with Gasteiger partial charge in [0, 0.05) is 16.8 Å². The summed E-state index contributed by atoms with van der Waals surface area (Å²) in [6.45, 7) is -0.113. The van der Waals surface area contributed by atoms with Gasteiger partial charge < -0.3 is 10.1 Å². The number of para-hydroxylation sites is 2. The molecule has 0 amide bonds.